The maximum Gasteiger partial charge on any atom is 0.417 e. The van der Waals surface area contributed by atoms with Gasteiger partial charge in [-0.05, 0) is 19.9 Å². The smallest absolute Gasteiger partial charge is 0.361 e. The highest BCUT2D eigenvalue weighted by Gasteiger charge is 2.31. The number of rotatable bonds is 3. The molecule has 0 aliphatic carbocycles. The van der Waals surface area contributed by atoms with Gasteiger partial charge in [0, 0.05) is 11.8 Å². The van der Waals surface area contributed by atoms with Gasteiger partial charge in [-0.3, -0.25) is 9.59 Å². The van der Waals surface area contributed by atoms with E-state index in [-0.39, 0.29) is 6.42 Å². The zero-order valence-corrected chi connectivity index (χ0v) is 11.7. The number of aromatic amines is 1. The Hall–Kier alpha value is -2.58. The van der Waals surface area contributed by atoms with E-state index in [4.69, 9.17) is 4.52 Å². The number of hydrogen-bond donors (Lipinski definition) is 2. The van der Waals surface area contributed by atoms with E-state index >= 15 is 0 Å². The fraction of sp³-hybridized carbons (Fsp3) is 0.308. The molecule has 2 aromatic heterocycles. The van der Waals surface area contributed by atoms with Crippen molar-refractivity contribution in [3.63, 3.8) is 0 Å². The van der Waals surface area contributed by atoms with Crippen LogP contribution in [0.15, 0.2) is 21.6 Å². The molecule has 2 aromatic rings. The molecule has 0 bridgehead atoms. The number of aryl methyl sites for hydroxylation is 2. The number of H-pyrrole nitrogens is 1. The van der Waals surface area contributed by atoms with Gasteiger partial charge in [0.05, 0.1) is 17.7 Å². The molecule has 0 aromatic carbocycles. The minimum atomic E-state index is -4.62. The van der Waals surface area contributed by atoms with Gasteiger partial charge in [-0.1, -0.05) is 5.16 Å². The Balaban J connectivity index is 2.20. The Morgan fingerprint density at radius 1 is 1.41 bits per heavy atom. The molecule has 1 amide bonds. The zero-order chi connectivity index (χ0) is 16.5. The van der Waals surface area contributed by atoms with Crippen LogP contribution in [0.3, 0.4) is 0 Å². The molecule has 0 aliphatic rings. The zero-order valence-electron chi connectivity index (χ0n) is 11.7. The molecule has 2 heterocycles. The quantitative estimate of drug-likeness (QED) is 0.908. The summed E-state index contributed by atoms with van der Waals surface area (Å²) in [6.07, 6.45) is -4.23. The summed E-state index contributed by atoms with van der Waals surface area (Å²) in [6.45, 7) is 3.25. The molecule has 0 saturated carbocycles. The highest BCUT2D eigenvalue weighted by atomic mass is 19.4. The first-order valence-electron chi connectivity index (χ1n) is 6.20. The molecule has 0 unspecified atom stereocenters. The molecule has 0 spiro atoms. The number of nitrogens with one attached hydrogen (secondary N) is 2. The van der Waals surface area contributed by atoms with Crippen molar-refractivity contribution in [3.05, 3.63) is 45.2 Å². The number of aromatic nitrogens is 2. The van der Waals surface area contributed by atoms with Crippen molar-refractivity contribution in [2.45, 2.75) is 26.4 Å². The summed E-state index contributed by atoms with van der Waals surface area (Å²) < 4.78 is 42.7. The molecule has 9 heteroatoms. The number of anilines is 1. The summed E-state index contributed by atoms with van der Waals surface area (Å²) in [7, 11) is 0. The van der Waals surface area contributed by atoms with E-state index in [1.54, 1.807) is 13.8 Å². The van der Waals surface area contributed by atoms with Crippen molar-refractivity contribution in [3.8, 4) is 0 Å². The molecule has 0 saturated heterocycles. The highest BCUT2D eigenvalue weighted by Crippen LogP contribution is 2.29. The second kappa shape index (κ2) is 5.66. The number of nitrogens with zero attached hydrogens (tertiary/aromatic N) is 1. The lowest BCUT2D eigenvalue weighted by atomic mass is 10.1. The van der Waals surface area contributed by atoms with Crippen LogP contribution in [-0.2, 0) is 17.4 Å². The minimum Gasteiger partial charge on any atom is -0.361 e. The van der Waals surface area contributed by atoms with Crippen molar-refractivity contribution in [1.29, 1.82) is 0 Å². The third kappa shape index (κ3) is 3.35. The van der Waals surface area contributed by atoms with Crippen LogP contribution in [0.25, 0.3) is 0 Å². The summed E-state index contributed by atoms with van der Waals surface area (Å²) in [4.78, 5) is 25.3. The van der Waals surface area contributed by atoms with Gasteiger partial charge in [-0.25, -0.2) is 0 Å². The molecule has 2 rings (SSSR count). The lowest BCUT2D eigenvalue weighted by Gasteiger charge is -2.09. The van der Waals surface area contributed by atoms with Gasteiger partial charge in [0.2, 0.25) is 5.91 Å². The lowest BCUT2D eigenvalue weighted by molar-refractivity contribution is -0.137. The SMILES string of the molecule is Cc1noc(C)c1CC(=O)Nc1cc(C(F)(F)F)c[nH]c1=O. The van der Waals surface area contributed by atoms with E-state index in [1.807, 2.05) is 4.98 Å². The fourth-order valence-electron chi connectivity index (χ4n) is 1.85. The Labute approximate surface area is 122 Å². The normalized spacial score (nSPS) is 11.5. The van der Waals surface area contributed by atoms with Crippen molar-refractivity contribution >= 4 is 11.6 Å². The first-order valence-corrected chi connectivity index (χ1v) is 6.20. The first kappa shape index (κ1) is 15.8. The van der Waals surface area contributed by atoms with Gasteiger partial charge in [-0.2, -0.15) is 13.2 Å². The Kier molecular flexibility index (Phi) is 4.07. The topological polar surface area (TPSA) is 88.0 Å². The molecular formula is C13H12F3N3O3. The molecule has 118 valence electrons. The Morgan fingerprint density at radius 3 is 2.64 bits per heavy atom. The number of alkyl halides is 3. The second-order valence-electron chi connectivity index (χ2n) is 4.66. The number of hydrogen-bond acceptors (Lipinski definition) is 4. The maximum absolute atomic E-state index is 12.6. The van der Waals surface area contributed by atoms with Crippen molar-refractivity contribution < 1.29 is 22.5 Å². The molecule has 0 aliphatic heterocycles. The standard InChI is InChI=1S/C13H12F3N3O3/c1-6-9(7(2)22-19-6)4-11(20)18-10-3-8(13(14,15)16)5-17-12(10)21/h3,5H,4H2,1-2H3,(H,17,21)(H,18,20). The Bertz CT molecular complexity index is 742. The third-order valence-corrected chi connectivity index (χ3v) is 3.02. The summed E-state index contributed by atoms with van der Waals surface area (Å²) >= 11 is 0. The molecule has 0 radical (unpaired) electrons. The van der Waals surface area contributed by atoms with Gasteiger partial charge in [0.25, 0.3) is 5.56 Å². The molecule has 2 N–H and O–H groups in total. The summed E-state index contributed by atoms with van der Waals surface area (Å²) in [5.41, 5.74) is -1.31. The predicted octanol–water partition coefficient (Wildman–Crippen LogP) is 2.18. The second-order valence-corrected chi connectivity index (χ2v) is 4.66. The van der Waals surface area contributed by atoms with Crippen LogP contribution in [0.4, 0.5) is 18.9 Å². The molecule has 6 nitrogen and oxygen atoms in total. The monoisotopic (exact) mass is 315 g/mol. The van der Waals surface area contributed by atoms with Gasteiger partial charge >= 0.3 is 6.18 Å². The molecule has 22 heavy (non-hydrogen) atoms. The number of carbonyl (C=O) groups excluding carboxylic acids is 1. The van der Waals surface area contributed by atoms with E-state index in [0.29, 0.717) is 29.3 Å². The van der Waals surface area contributed by atoms with Crippen LogP contribution >= 0.6 is 0 Å². The van der Waals surface area contributed by atoms with Crippen molar-refractivity contribution in [2.75, 3.05) is 5.32 Å². The minimum absolute atomic E-state index is 0.156. The van der Waals surface area contributed by atoms with E-state index in [9.17, 15) is 22.8 Å². The van der Waals surface area contributed by atoms with Crippen LogP contribution in [0.2, 0.25) is 0 Å². The van der Waals surface area contributed by atoms with Crippen LogP contribution in [-0.4, -0.2) is 16.0 Å². The summed E-state index contributed by atoms with van der Waals surface area (Å²) in [5.74, 6) is -0.204. The number of pyridine rings is 1. The van der Waals surface area contributed by atoms with Gasteiger partial charge in [0.15, 0.2) is 0 Å². The van der Waals surface area contributed by atoms with Crippen molar-refractivity contribution in [2.24, 2.45) is 0 Å². The van der Waals surface area contributed by atoms with Gasteiger partial charge in [-0.15, -0.1) is 0 Å². The highest BCUT2D eigenvalue weighted by molar-refractivity contribution is 5.92. The lowest BCUT2D eigenvalue weighted by Crippen LogP contribution is -2.22. The maximum atomic E-state index is 12.6. The van der Waals surface area contributed by atoms with Crippen LogP contribution < -0.4 is 10.9 Å². The summed E-state index contributed by atoms with van der Waals surface area (Å²) in [5, 5.41) is 5.83. The number of halogens is 3. The largest absolute Gasteiger partial charge is 0.417 e. The third-order valence-electron chi connectivity index (χ3n) is 3.02. The van der Waals surface area contributed by atoms with E-state index in [2.05, 4.69) is 10.5 Å². The molecular weight excluding hydrogens is 303 g/mol. The van der Waals surface area contributed by atoms with Crippen LogP contribution in [0, 0.1) is 13.8 Å². The molecule has 0 atom stereocenters. The molecule has 0 fully saturated rings. The average molecular weight is 315 g/mol. The fourth-order valence-corrected chi connectivity index (χ4v) is 1.85. The number of carbonyl (C=O) groups is 1. The number of amides is 1. The van der Waals surface area contributed by atoms with Gasteiger partial charge in [0.1, 0.15) is 11.4 Å². The van der Waals surface area contributed by atoms with E-state index in [1.165, 1.54) is 0 Å². The van der Waals surface area contributed by atoms with E-state index in [0.717, 1.165) is 0 Å². The Morgan fingerprint density at radius 2 is 2.09 bits per heavy atom. The average Bonchev–Trinajstić information content (AvgIpc) is 2.72. The van der Waals surface area contributed by atoms with Crippen molar-refractivity contribution in [1.82, 2.24) is 10.1 Å². The predicted molar refractivity (Wildman–Crippen MR) is 70.4 cm³/mol. The van der Waals surface area contributed by atoms with E-state index < -0.39 is 28.9 Å². The first-order chi connectivity index (χ1) is 10.2. The van der Waals surface area contributed by atoms with Gasteiger partial charge < -0.3 is 14.8 Å². The van der Waals surface area contributed by atoms with Crippen LogP contribution in [0.1, 0.15) is 22.6 Å². The summed E-state index contributed by atoms with van der Waals surface area (Å²) in [6, 6.07) is 0.587. The van der Waals surface area contributed by atoms with Crippen LogP contribution in [0.5, 0.6) is 0 Å².